The summed E-state index contributed by atoms with van der Waals surface area (Å²) in [5.41, 5.74) is -0.865. The summed E-state index contributed by atoms with van der Waals surface area (Å²) in [4.78, 5) is 25.2. The molecule has 0 aliphatic carbocycles. The molecular weight excluding hydrogens is 441 g/mol. The molecular formula is C21H14F5NO3S. The second-order valence-electron chi connectivity index (χ2n) is 6.24. The van der Waals surface area contributed by atoms with Crippen LogP contribution in [0.5, 0.6) is 0 Å². The standard InChI is InChI=1S/C21H14F5NO3S/c1-2-30-21(29)12-9-11(8-10-6-4-3-5-7-10)31-20(12)27-19(28)13-14(22)16(24)18(26)17(25)15(13)23/h3-7,9H,2,8H2,1H3,(H,27,28). The van der Waals surface area contributed by atoms with Gasteiger partial charge in [0.1, 0.15) is 10.6 Å². The number of carbonyl (C=O) groups is 2. The third-order valence-electron chi connectivity index (χ3n) is 4.16. The lowest BCUT2D eigenvalue weighted by atomic mass is 10.1. The van der Waals surface area contributed by atoms with Crippen LogP contribution in [-0.4, -0.2) is 18.5 Å². The highest BCUT2D eigenvalue weighted by molar-refractivity contribution is 7.16. The number of thiophene rings is 1. The van der Waals surface area contributed by atoms with E-state index >= 15 is 0 Å². The highest BCUT2D eigenvalue weighted by Crippen LogP contribution is 2.32. The molecule has 1 N–H and O–H groups in total. The number of amides is 1. The van der Waals surface area contributed by atoms with Gasteiger partial charge in [-0.1, -0.05) is 30.3 Å². The van der Waals surface area contributed by atoms with E-state index in [4.69, 9.17) is 4.74 Å². The van der Waals surface area contributed by atoms with Crippen LogP contribution in [0.15, 0.2) is 36.4 Å². The number of esters is 1. The minimum Gasteiger partial charge on any atom is -0.462 e. The molecule has 3 aromatic rings. The van der Waals surface area contributed by atoms with E-state index in [-0.39, 0.29) is 17.2 Å². The second-order valence-corrected chi connectivity index (χ2v) is 7.37. The largest absolute Gasteiger partial charge is 0.462 e. The summed E-state index contributed by atoms with van der Waals surface area (Å²) >= 11 is 0.916. The van der Waals surface area contributed by atoms with Crippen molar-refractivity contribution in [2.45, 2.75) is 13.3 Å². The maximum atomic E-state index is 14.0. The molecule has 0 fully saturated rings. The van der Waals surface area contributed by atoms with E-state index in [1.165, 1.54) is 6.07 Å². The van der Waals surface area contributed by atoms with Crippen molar-refractivity contribution < 1.29 is 36.3 Å². The number of ether oxygens (including phenoxy) is 1. The quantitative estimate of drug-likeness (QED) is 0.232. The maximum absolute atomic E-state index is 14.0. The van der Waals surface area contributed by atoms with E-state index in [0.29, 0.717) is 11.3 Å². The van der Waals surface area contributed by atoms with Gasteiger partial charge >= 0.3 is 5.97 Å². The highest BCUT2D eigenvalue weighted by Gasteiger charge is 2.31. The van der Waals surface area contributed by atoms with Crippen LogP contribution >= 0.6 is 11.3 Å². The summed E-state index contributed by atoms with van der Waals surface area (Å²) in [6, 6.07) is 10.5. The van der Waals surface area contributed by atoms with E-state index in [9.17, 15) is 31.5 Å². The van der Waals surface area contributed by atoms with Gasteiger partial charge in [0, 0.05) is 11.3 Å². The molecule has 0 atom stereocenters. The number of hydrogen-bond acceptors (Lipinski definition) is 4. The fraction of sp³-hybridized carbons (Fsp3) is 0.143. The molecule has 0 bridgehead atoms. The van der Waals surface area contributed by atoms with Gasteiger partial charge in [-0.05, 0) is 18.6 Å². The number of halogens is 5. The predicted molar refractivity (Wildman–Crippen MR) is 104 cm³/mol. The lowest BCUT2D eigenvalue weighted by molar-refractivity contribution is 0.0528. The Kier molecular flexibility index (Phi) is 6.69. The van der Waals surface area contributed by atoms with Crippen LogP contribution in [0.3, 0.4) is 0 Å². The maximum Gasteiger partial charge on any atom is 0.341 e. The Labute approximate surface area is 177 Å². The zero-order valence-electron chi connectivity index (χ0n) is 15.9. The molecule has 0 radical (unpaired) electrons. The van der Waals surface area contributed by atoms with E-state index in [2.05, 4.69) is 5.32 Å². The molecule has 0 spiro atoms. The van der Waals surface area contributed by atoms with Crippen LogP contribution < -0.4 is 5.32 Å². The Morgan fingerprint density at radius 3 is 2.10 bits per heavy atom. The lowest BCUT2D eigenvalue weighted by Gasteiger charge is -2.09. The van der Waals surface area contributed by atoms with E-state index in [1.54, 1.807) is 19.1 Å². The number of anilines is 1. The van der Waals surface area contributed by atoms with E-state index in [1.807, 2.05) is 18.2 Å². The molecule has 10 heteroatoms. The average molecular weight is 455 g/mol. The van der Waals surface area contributed by atoms with Crippen molar-refractivity contribution in [2.75, 3.05) is 11.9 Å². The Balaban J connectivity index is 1.98. The van der Waals surface area contributed by atoms with Crippen LogP contribution in [0.25, 0.3) is 0 Å². The fourth-order valence-electron chi connectivity index (χ4n) is 2.75. The third kappa shape index (κ3) is 4.58. The molecule has 3 rings (SSSR count). The van der Waals surface area contributed by atoms with Crippen molar-refractivity contribution in [2.24, 2.45) is 0 Å². The molecule has 0 saturated carbocycles. The number of nitrogens with one attached hydrogen (secondary N) is 1. The molecule has 2 aromatic carbocycles. The SMILES string of the molecule is CCOC(=O)c1cc(Cc2ccccc2)sc1NC(=O)c1c(F)c(F)c(F)c(F)c1F. The molecule has 1 aromatic heterocycles. The first kappa shape index (κ1) is 22.4. The van der Waals surface area contributed by atoms with Gasteiger partial charge in [-0.15, -0.1) is 11.3 Å². The van der Waals surface area contributed by atoms with Gasteiger partial charge < -0.3 is 10.1 Å². The van der Waals surface area contributed by atoms with Gasteiger partial charge in [0.15, 0.2) is 23.3 Å². The predicted octanol–water partition coefficient (Wildman–Crippen LogP) is 5.46. The van der Waals surface area contributed by atoms with Crippen molar-refractivity contribution in [3.63, 3.8) is 0 Å². The fourth-order valence-corrected chi connectivity index (χ4v) is 3.82. The Morgan fingerprint density at radius 1 is 0.935 bits per heavy atom. The second kappa shape index (κ2) is 9.25. The van der Waals surface area contributed by atoms with Crippen molar-refractivity contribution in [3.8, 4) is 0 Å². The lowest BCUT2D eigenvalue weighted by Crippen LogP contribution is -2.20. The number of benzene rings is 2. The zero-order chi connectivity index (χ0) is 22.7. The zero-order valence-corrected chi connectivity index (χ0v) is 16.7. The van der Waals surface area contributed by atoms with Gasteiger partial charge in [0.05, 0.1) is 12.2 Å². The van der Waals surface area contributed by atoms with E-state index in [0.717, 1.165) is 16.9 Å². The van der Waals surface area contributed by atoms with Crippen molar-refractivity contribution in [3.05, 3.63) is 87.1 Å². The van der Waals surface area contributed by atoms with Crippen LogP contribution in [0.4, 0.5) is 27.0 Å². The summed E-state index contributed by atoms with van der Waals surface area (Å²) in [6.07, 6.45) is 0.371. The smallest absolute Gasteiger partial charge is 0.341 e. The summed E-state index contributed by atoms with van der Waals surface area (Å²) in [6.45, 7) is 1.58. The van der Waals surface area contributed by atoms with Gasteiger partial charge in [-0.2, -0.15) is 0 Å². The first-order valence-electron chi connectivity index (χ1n) is 8.91. The van der Waals surface area contributed by atoms with Crippen LogP contribution in [-0.2, 0) is 11.2 Å². The molecule has 0 unspecified atom stereocenters. The number of carbonyl (C=O) groups excluding carboxylic acids is 2. The van der Waals surface area contributed by atoms with Gasteiger partial charge in [-0.25, -0.2) is 26.7 Å². The third-order valence-corrected chi connectivity index (χ3v) is 5.21. The summed E-state index contributed by atoms with van der Waals surface area (Å²) < 4.78 is 73.0. The minimum atomic E-state index is -2.37. The Bertz CT molecular complexity index is 1120. The molecule has 4 nitrogen and oxygen atoms in total. The van der Waals surface area contributed by atoms with Gasteiger partial charge in [0.25, 0.3) is 5.91 Å². The van der Waals surface area contributed by atoms with E-state index < -0.39 is 46.5 Å². The monoisotopic (exact) mass is 455 g/mol. The van der Waals surface area contributed by atoms with Crippen molar-refractivity contribution in [1.82, 2.24) is 0 Å². The summed E-state index contributed by atoms with van der Waals surface area (Å²) in [5, 5.41) is 1.93. The Morgan fingerprint density at radius 2 is 1.52 bits per heavy atom. The first-order valence-corrected chi connectivity index (χ1v) is 9.72. The molecule has 0 saturated heterocycles. The normalized spacial score (nSPS) is 10.8. The van der Waals surface area contributed by atoms with Crippen LogP contribution in [0.2, 0.25) is 0 Å². The molecule has 31 heavy (non-hydrogen) atoms. The number of rotatable bonds is 6. The van der Waals surface area contributed by atoms with Gasteiger partial charge in [0.2, 0.25) is 5.82 Å². The first-order chi connectivity index (χ1) is 14.7. The molecule has 162 valence electrons. The minimum absolute atomic E-state index is 0.0216. The molecule has 1 heterocycles. The van der Waals surface area contributed by atoms with Gasteiger partial charge in [-0.3, -0.25) is 4.79 Å². The summed E-state index contributed by atoms with van der Waals surface area (Å²) in [5.74, 6) is -13.8. The Hall–Kier alpha value is -3.27. The van der Waals surface area contributed by atoms with Crippen LogP contribution in [0, 0.1) is 29.1 Å². The van der Waals surface area contributed by atoms with Crippen LogP contribution in [0.1, 0.15) is 38.1 Å². The molecule has 1 amide bonds. The topological polar surface area (TPSA) is 55.4 Å². The van der Waals surface area contributed by atoms with Crippen molar-refractivity contribution >= 4 is 28.2 Å². The highest BCUT2D eigenvalue weighted by atomic mass is 32.1. The average Bonchev–Trinajstić information content (AvgIpc) is 3.14. The summed E-state index contributed by atoms with van der Waals surface area (Å²) in [7, 11) is 0. The van der Waals surface area contributed by atoms with Crippen molar-refractivity contribution in [1.29, 1.82) is 0 Å². The molecule has 0 aliphatic rings. The number of hydrogen-bond donors (Lipinski definition) is 1. The molecule has 0 aliphatic heterocycles.